The molecule has 0 bridgehead atoms. The van der Waals surface area contributed by atoms with Crippen LogP contribution in [0, 0.1) is 21.7 Å². The molecule has 33 heavy (non-hydrogen) atoms. The van der Waals surface area contributed by atoms with Gasteiger partial charge in [0, 0.05) is 21.0 Å². The summed E-state index contributed by atoms with van der Waals surface area (Å²) in [6.07, 6.45) is 6.20. The van der Waals surface area contributed by atoms with Crippen molar-refractivity contribution in [2.45, 2.75) is 88.2 Å². The first-order valence-electron chi connectivity index (χ1n) is 12.1. The first-order chi connectivity index (χ1) is 15.2. The monoisotopic (exact) mass is 516 g/mol. The van der Waals surface area contributed by atoms with Crippen LogP contribution in [-0.4, -0.2) is 11.8 Å². The van der Waals surface area contributed by atoms with Gasteiger partial charge in [-0.3, -0.25) is 9.59 Å². The predicted molar refractivity (Wildman–Crippen MR) is 140 cm³/mol. The highest BCUT2D eigenvalue weighted by molar-refractivity contribution is 9.10. The number of allylic oxidation sites excluding steroid dienone is 4. The van der Waals surface area contributed by atoms with Gasteiger partial charge in [-0.1, -0.05) is 103 Å². The predicted octanol–water partition coefficient (Wildman–Crippen LogP) is 8.22. The van der Waals surface area contributed by atoms with Gasteiger partial charge in [0.05, 0.1) is 5.41 Å². The SMILES string of the molecule is CCC1(C(CC)(CC)C(=O)OCc2ccc(Br)cc2)C=C(C(C)(C)C)C(=O)C(C(C)(C)C)=C1. The molecule has 0 fully saturated rings. The Morgan fingerprint density at radius 2 is 1.33 bits per heavy atom. The van der Waals surface area contributed by atoms with Crippen LogP contribution in [0.2, 0.25) is 0 Å². The second-order valence-electron chi connectivity index (χ2n) is 11.3. The van der Waals surface area contributed by atoms with Gasteiger partial charge in [0.2, 0.25) is 0 Å². The summed E-state index contributed by atoms with van der Waals surface area (Å²) in [5, 5.41) is 0. The second kappa shape index (κ2) is 9.90. The number of rotatable bonds is 7. The number of hydrogen-bond donors (Lipinski definition) is 0. The summed E-state index contributed by atoms with van der Waals surface area (Å²) in [6, 6.07) is 7.82. The molecule has 0 heterocycles. The van der Waals surface area contributed by atoms with E-state index in [1.165, 1.54) is 0 Å². The minimum Gasteiger partial charge on any atom is -0.460 e. The third kappa shape index (κ3) is 5.37. The third-order valence-corrected chi connectivity index (χ3v) is 7.79. The Bertz CT molecular complexity index is 899. The average molecular weight is 518 g/mol. The van der Waals surface area contributed by atoms with E-state index in [0.29, 0.717) is 19.3 Å². The normalized spacial score (nSPS) is 16.8. The summed E-state index contributed by atoms with van der Waals surface area (Å²) >= 11 is 3.45. The van der Waals surface area contributed by atoms with E-state index >= 15 is 0 Å². The fourth-order valence-electron chi connectivity index (χ4n) is 5.02. The van der Waals surface area contributed by atoms with E-state index in [0.717, 1.165) is 21.2 Å². The lowest BCUT2D eigenvalue weighted by Crippen LogP contribution is -2.49. The van der Waals surface area contributed by atoms with E-state index in [9.17, 15) is 9.59 Å². The fourth-order valence-corrected chi connectivity index (χ4v) is 5.28. The van der Waals surface area contributed by atoms with Crippen molar-refractivity contribution in [1.82, 2.24) is 0 Å². The standard InChI is InChI=1S/C29H41BrO3/c1-10-28(17-22(26(4,5)6)24(31)23(18-28)27(7,8)9)29(11-2,12-3)25(32)33-19-20-13-15-21(30)16-14-20/h13-18H,10-12,19H2,1-9H3. The molecule has 0 spiro atoms. The Morgan fingerprint density at radius 1 is 0.879 bits per heavy atom. The molecule has 1 aliphatic carbocycles. The largest absolute Gasteiger partial charge is 0.460 e. The van der Waals surface area contributed by atoms with Gasteiger partial charge < -0.3 is 4.74 Å². The fraction of sp³-hybridized carbons (Fsp3) is 0.586. The van der Waals surface area contributed by atoms with Crippen molar-refractivity contribution >= 4 is 27.7 Å². The summed E-state index contributed by atoms with van der Waals surface area (Å²) in [7, 11) is 0. The van der Waals surface area contributed by atoms with Crippen molar-refractivity contribution in [2.75, 3.05) is 0 Å². The van der Waals surface area contributed by atoms with Crippen molar-refractivity contribution in [3.8, 4) is 0 Å². The first-order valence-corrected chi connectivity index (χ1v) is 12.9. The van der Waals surface area contributed by atoms with Crippen molar-refractivity contribution in [1.29, 1.82) is 0 Å². The van der Waals surface area contributed by atoms with Gasteiger partial charge in [-0.2, -0.15) is 0 Å². The van der Waals surface area contributed by atoms with Crippen LogP contribution in [0.15, 0.2) is 52.0 Å². The zero-order valence-electron chi connectivity index (χ0n) is 21.9. The van der Waals surface area contributed by atoms with E-state index in [4.69, 9.17) is 4.74 Å². The highest BCUT2D eigenvalue weighted by Crippen LogP contribution is 2.56. The van der Waals surface area contributed by atoms with Crippen molar-refractivity contribution in [3.63, 3.8) is 0 Å². The first kappa shape index (κ1) is 27.6. The van der Waals surface area contributed by atoms with E-state index < -0.39 is 10.8 Å². The van der Waals surface area contributed by atoms with Crippen LogP contribution in [0.25, 0.3) is 0 Å². The van der Waals surface area contributed by atoms with Crippen molar-refractivity contribution in [3.05, 3.63) is 57.6 Å². The van der Waals surface area contributed by atoms with Crippen LogP contribution in [0.4, 0.5) is 0 Å². The topological polar surface area (TPSA) is 43.4 Å². The molecule has 2 rings (SSSR count). The number of Topliss-reactive ketones (excluding diaryl/α,β-unsaturated/α-hetero) is 1. The van der Waals surface area contributed by atoms with Crippen LogP contribution < -0.4 is 0 Å². The summed E-state index contributed by atoms with van der Waals surface area (Å²) < 4.78 is 6.96. The second-order valence-corrected chi connectivity index (χ2v) is 12.2. The molecule has 0 atom stereocenters. The molecule has 1 aliphatic rings. The van der Waals surface area contributed by atoms with Gasteiger partial charge in [0.1, 0.15) is 6.61 Å². The molecular weight excluding hydrogens is 476 g/mol. The lowest BCUT2D eigenvalue weighted by atomic mass is 9.53. The molecule has 1 aromatic rings. The smallest absolute Gasteiger partial charge is 0.313 e. The van der Waals surface area contributed by atoms with Gasteiger partial charge in [-0.15, -0.1) is 0 Å². The van der Waals surface area contributed by atoms with Gasteiger partial charge in [0.25, 0.3) is 0 Å². The van der Waals surface area contributed by atoms with E-state index in [-0.39, 0.29) is 29.2 Å². The van der Waals surface area contributed by atoms with Crippen LogP contribution in [0.3, 0.4) is 0 Å². The molecule has 0 saturated carbocycles. The number of carbonyl (C=O) groups excluding carboxylic acids is 2. The Labute approximate surface area is 209 Å². The molecule has 3 nitrogen and oxygen atoms in total. The van der Waals surface area contributed by atoms with Crippen molar-refractivity contribution in [2.24, 2.45) is 21.7 Å². The minimum atomic E-state index is -0.759. The van der Waals surface area contributed by atoms with Crippen LogP contribution in [-0.2, 0) is 20.9 Å². The summed E-state index contributed by atoms with van der Waals surface area (Å²) in [6.45, 7) is 18.9. The Balaban J connectivity index is 2.64. The number of esters is 1. The van der Waals surface area contributed by atoms with Gasteiger partial charge in [-0.05, 0) is 47.8 Å². The zero-order chi connectivity index (χ0) is 25.2. The quantitative estimate of drug-likeness (QED) is 0.342. The molecular formula is C29H41BrO3. The number of carbonyl (C=O) groups is 2. The average Bonchev–Trinajstić information content (AvgIpc) is 2.73. The molecule has 1 aromatic carbocycles. The molecule has 0 amide bonds. The summed E-state index contributed by atoms with van der Waals surface area (Å²) in [4.78, 5) is 27.4. The van der Waals surface area contributed by atoms with Gasteiger partial charge >= 0.3 is 5.97 Å². The Morgan fingerprint density at radius 3 is 1.70 bits per heavy atom. The maximum atomic E-state index is 13.9. The lowest BCUT2D eigenvalue weighted by molar-refractivity contribution is -0.164. The van der Waals surface area contributed by atoms with Crippen LogP contribution >= 0.6 is 15.9 Å². The molecule has 0 N–H and O–H groups in total. The summed E-state index contributed by atoms with van der Waals surface area (Å²) in [5.41, 5.74) is 0.548. The maximum absolute atomic E-state index is 13.9. The number of ether oxygens (including phenoxy) is 1. The third-order valence-electron chi connectivity index (χ3n) is 7.27. The molecule has 0 unspecified atom stereocenters. The highest BCUT2D eigenvalue weighted by atomic mass is 79.9. The van der Waals surface area contributed by atoms with E-state index in [2.05, 4.69) is 90.4 Å². The number of ketones is 1. The molecule has 0 aromatic heterocycles. The molecule has 4 heteroatoms. The van der Waals surface area contributed by atoms with Crippen LogP contribution in [0.5, 0.6) is 0 Å². The van der Waals surface area contributed by atoms with Gasteiger partial charge in [0.15, 0.2) is 5.78 Å². The highest BCUT2D eigenvalue weighted by Gasteiger charge is 2.55. The molecule has 0 radical (unpaired) electrons. The Kier molecular flexibility index (Phi) is 8.27. The summed E-state index contributed by atoms with van der Waals surface area (Å²) in [5.74, 6) is -0.0935. The Hall–Kier alpha value is -1.68. The van der Waals surface area contributed by atoms with E-state index in [1.54, 1.807) is 0 Å². The van der Waals surface area contributed by atoms with Crippen molar-refractivity contribution < 1.29 is 14.3 Å². The molecule has 0 saturated heterocycles. The van der Waals surface area contributed by atoms with E-state index in [1.807, 2.05) is 24.3 Å². The molecule has 182 valence electrons. The number of halogens is 1. The van der Waals surface area contributed by atoms with Crippen LogP contribution in [0.1, 0.15) is 87.1 Å². The maximum Gasteiger partial charge on any atom is 0.313 e. The minimum absolute atomic E-state index is 0.100. The number of hydrogen-bond acceptors (Lipinski definition) is 3. The molecule has 0 aliphatic heterocycles. The number of benzene rings is 1. The lowest BCUT2D eigenvalue weighted by Gasteiger charge is -2.49. The van der Waals surface area contributed by atoms with Gasteiger partial charge in [-0.25, -0.2) is 0 Å². The zero-order valence-corrected chi connectivity index (χ0v) is 23.5.